The summed E-state index contributed by atoms with van der Waals surface area (Å²) in [6.07, 6.45) is 3.96. The molecule has 1 nitrogen and oxygen atoms in total. The van der Waals surface area contributed by atoms with Gasteiger partial charge in [0, 0.05) is 0 Å². The summed E-state index contributed by atoms with van der Waals surface area (Å²) >= 11 is 0. The van der Waals surface area contributed by atoms with Gasteiger partial charge in [-0.1, -0.05) is 13.2 Å². The topological polar surface area (TPSA) is 0 Å². The molecule has 0 heterocycles. The van der Waals surface area contributed by atoms with E-state index in [0.29, 0.717) is 0 Å². The van der Waals surface area contributed by atoms with Gasteiger partial charge in [-0.3, -0.25) is 0 Å². The maximum Gasteiger partial charge on any atom is 0.0975 e. The Bertz CT molecular complexity index is 152. The zero-order valence-electron chi connectivity index (χ0n) is 8.93. The van der Waals surface area contributed by atoms with Gasteiger partial charge in [0.05, 0.1) is 25.7 Å². The monoisotopic (exact) mass is 168 g/mol. The minimum Gasteiger partial charge on any atom is -0.315 e. The minimum atomic E-state index is 0.252. The van der Waals surface area contributed by atoms with E-state index in [1.54, 1.807) is 0 Å². The molecule has 0 fully saturated rings. The average molecular weight is 168 g/mol. The Balaban J connectivity index is 4.59. The molecule has 1 heteroatoms. The van der Waals surface area contributed by atoms with Gasteiger partial charge < -0.3 is 4.48 Å². The molecule has 0 aromatic heterocycles. The molecule has 0 bridgehead atoms. The lowest BCUT2D eigenvalue weighted by atomic mass is 10.0. The van der Waals surface area contributed by atoms with Crippen molar-refractivity contribution >= 4 is 0 Å². The van der Waals surface area contributed by atoms with E-state index in [2.05, 4.69) is 41.0 Å². The lowest BCUT2D eigenvalue weighted by molar-refractivity contribution is -0.943. The molecule has 70 valence electrons. The van der Waals surface area contributed by atoms with Crippen molar-refractivity contribution in [3.05, 3.63) is 25.3 Å². The Morgan fingerprint density at radius 3 is 1.58 bits per heavy atom. The summed E-state index contributed by atoms with van der Waals surface area (Å²) < 4.78 is 0.972. The van der Waals surface area contributed by atoms with Crippen LogP contribution >= 0.6 is 0 Å². The fourth-order valence-electron chi connectivity index (χ4n) is 1.19. The fraction of sp³-hybridized carbons (Fsp3) is 0.636. The van der Waals surface area contributed by atoms with Crippen LogP contribution in [0.2, 0.25) is 0 Å². The lowest BCUT2D eigenvalue weighted by Crippen LogP contribution is -2.57. The highest BCUT2D eigenvalue weighted by atomic mass is 15.4. The van der Waals surface area contributed by atoms with Gasteiger partial charge in [0.15, 0.2) is 0 Å². The highest BCUT2D eigenvalue weighted by Crippen LogP contribution is 2.21. The molecule has 0 unspecified atom stereocenters. The molecule has 12 heavy (non-hydrogen) atoms. The maximum atomic E-state index is 3.79. The lowest BCUT2D eigenvalue weighted by Gasteiger charge is -2.44. The van der Waals surface area contributed by atoms with Crippen LogP contribution in [0, 0.1) is 0 Å². The predicted molar refractivity (Wildman–Crippen MR) is 56.1 cm³/mol. The molecule has 0 amide bonds. The van der Waals surface area contributed by atoms with Crippen molar-refractivity contribution in [2.45, 2.75) is 26.3 Å². The van der Waals surface area contributed by atoms with Gasteiger partial charge in [0.25, 0.3) is 0 Å². The van der Waals surface area contributed by atoms with Crippen molar-refractivity contribution in [2.24, 2.45) is 0 Å². The quantitative estimate of drug-likeness (QED) is 0.447. The van der Waals surface area contributed by atoms with E-state index >= 15 is 0 Å². The molecule has 0 aromatic rings. The summed E-state index contributed by atoms with van der Waals surface area (Å²) in [4.78, 5) is 0. The second kappa shape index (κ2) is 3.90. The van der Waals surface area contributed by atoms with Crippen molar-refractivity contribution in [1.82, 2.24) is 0 Å². The number of nitrogens with zero attached hydrogens (tertiary/aromatic N) is 1. The Morgan fingerprint density at radius 2 is 1.42 bits per heavy atom. The van der Waals surface area contributed by atoms with Crippen molar-refractivity contribution in [2.75, 3.05) is 20.1 Å². The summed E-state index contributed by atoms with van der Waals surface area (Å²) in [5, 5.41) is 0. The molecule has 0 aromatic carbocycles. The second-order valence-corrected chi connectivity index (χ2v) is 4.51. The van der Waals surface area contributed by atoms with E-state index in [-0.39, 0.29) is 5.54 Å². The largest absolute Gasteiger partial charge is 0.315 e. The van der Waals surface area contributed by atoms with Crippen LogP contribution in [0.25, 0.3) is 0 Å². The zero-order valence-corrected chi connectivity index (χ0v) is 8.93. The van der Waals surface area contributed by atoms with Gasteiger partial charge >= 0.3 is 0 Å². The van der Waals surface area contributed by atoms with E-state index in [4.69, 9.17) is 0 Å². The molecule has 0 aliphatic heterocycles. The molecule has 0 aliphatic rings. The first-order valence-corrected chi connectivity index (χ1v) is 4.44. The summed E-state index contributed by atoms with van der Waals surface area (Å²) in [7, 11) is 2.24. The summed E-state index contributed by atoms with van der Waals surface area (Å²) in [5.41, 5.74) is 0.252. The molecule has 0 saturated carbocycles. The van der Waals surface area contributed by atoms with Gasteiger partial charge in [0.1, 0.15) is 0 Å². The first-order chi connectivity index (χ1) is 5.37. The normalized spacial score (nSPS) is 12.7. The molecular formula is C11H22N+. The van der Waals surface area contributed by atoms with Gasteiger partial charge in [-0.25, -0.2) is 0 Å². The second-order valence-electron chi connectivity index (χ2n) is 4.51. The van der Waals surface area contributed by atoms with Crippen molar-refractivity contribution < 1.29 is 4.48 Å². The Kier molecular flexibility index (Phi) is 3.72. The summed E-state index contributed by atoms with van der Waals surface area (Å²) in [6, 6.07) is 0. The van der Waals surface area contributed by atoms with Gasteiger partial charge in [0.2, 0.25) is 0 Å². The van der Waals surface area contributed by atoms with Crippen LogP contribution in [0.1, 0.15) is 20.8 Å². The summed E-state index contributed by atoms with van der Waals surface area (Å²) in [6.45, 7) is 16.3. The van der Waals surface area contributed by atoms with Crippen molar-refractivity contribution in [3.63, 3.8) is 0 Å². The third kappa shape index (κ3) is 2.49. The first kappa shape index (κ1) is 11.4. The average Bonchev–Trinajstić information content (AvgIpc) is 1.86. The van der Waals surface area contributed by atoms with Crippen molar-refractivity contribution in [1.29, 1.82) is 0 Å². The molecule has 0 rings (SSSR count). The van der Waals surface area contributed by atoms with E-state index in [1.165, 1.54) is 0 Å². The van der Waals surface area contributed by atoms with Crippen LogP contribution in [0.15, 0.2) is 25.3 Å². The minimum absolute atomic E-state index is 0.252. The van der Waals surface area contributed by atoms with Gasteiger partial charge in [-0.15, -0.1) is 0 Å². The molecule has 0 saturated heterocycles. The van der Waals surface area contributed by atoms with E-state index in [0.717, 1.165) is 17.6 Å². The molecule has 0 spiro atoms. The standard InChI is InChI=1S/C11H22N/c1-7-9-12(6,10-8-2)11(3,4)5/h7-8H,1-2,9-10H2,3-6H3/q+1. The highest BCUT2D eigenvalue weighted by Gasteiger charge is 2.33. The van der Waals surface area contributed by atoms with E-state index < -0.39 is 0 Å². The van der Waals surface area contributed by atoms with Crippen LogP contribution in [-0.4, -0.2) is 30.2 Å². The van der Waals surface area contributed by atoms with E-state index in [9.17, 15) is 0 Å². The first-order valence-electron chi connectivity index (χ1n) is 4.44. The van der Waals surface area contributed by atoms with Crippen LogP contribution in [0.4, 0.5) is 0 Å². The molecule has 0 radical (unpaired) electrons. The third-order valence-electron chi connectivity index (χ3n) is 2.68. The third-order valence-corrected chi connectivity index (χ3v) is 2.68. The van der Waals surface area contributed by atoms with Crippen LogP contribution in [-0.2, 0) is 0 Å². The zero-order chi connectivity index (χ0) is 9.83. The highest BCUT2D eigenvalue weighted by molar-refractivity contribution is 4.76. The SMILES string of the molecule is C=CC[N+](C)(CC=C)C(C)(C)C. The molecule has 0 atom stereocenters. The molecular weight excluding hydrogens is 146 g/mol. The number of hydrogen-bond donors (Lipinski definition) is 0. The summed E-state index contributed by atoms with van der Waals surface area (Å²) in [5.74, 6) is 0. The van der Waals surface area contributed by atoms with Gasteiger partial charge in [-0.05, 0) is 32.9 Å². The smallest absolute Gasteiger partial charge is 0.0975 e. The van der Waals surface area contributed by atoms with Gasteiger partial charge in [-0.2, -0.15) is 0 Å². The number of hydrogen-bond acceptors (Lipinski definition) is 0. The Morgan fingerprint density at radius 1 is 1.08 bits per heavy atom. The number of quaternary nitrogens is 1. The predicted octanol–water partition coefficient (Wildman–Crippen LogP) is 2.60. The van der Waals surface area contributed by atoms with E-state index in [1.807, 2.05) is 12.2 Å². The van der Waals surface area contributed by atoms with Crippen LogP contribution in [0.3, 0.4) is 0 Å². The fourth-order valence-corrected chi connectivity index (χ4v) is 1.19. The molecule has 0 N–H and O–H groups in total. The van der Waals surface area contributed by atoms with Crippen LogP contribution < -0.4 is 0 Å². The Labute approximate surface area is 77.0 Å². The van der Waals surface area contributed by atoms with Crippen molar-refractivity contribution in [3.8, 4) is 0 Å². The Hall–Kier alpha value is -0.560. The molecule has 0 aliphatic carbocycles. The number of likely N-dealkylation sites (N-methyl/N-ethyl adjacent to an activating group) is 1. The number of rotatable bonds is 4. The maximum absolute atomic E-state index is 3.79. The van der Waals surface area contributed by atoms with Crippen LogP contribution in [0.5, 0.6) is 0 Å².